The standard InChI is InChI=1S/C18H29NO/c1-13-5-10-18(14(2)11-13)19-15(3)12-16-6-8-17(20-4)9-7-16/h6-9,13-15,18-19H,5,10-12H2,1-4H3. The fourth-order valence-corrected chi connectivity index (χ4v) is 3.45. The Balaban J connectivity index is 1.83. The maximum Gasteiger partial charge on any atom is 0.118 e. The molecule has 4 atom stereocenters. The smallest absolute Gasteiger partial charge is 0.118 e. The van der Waals surface area contributed by atoms with E-state index in [-0.39, 0.29) is 0 Å². The molecule has 2 nitrogen and oxygen atoms in total. The topological polar surface area (TPSA) is 21.3 Å². The first kappa shape index (κ1) is 15.4. The molecule has 1 saturated carbocycles. The summed E-state index contributed by atoms with van der Waals surface area (Å²) in [6.45, 7) is 7.08. The van der Waals surface area contributed by atoms with Crippen LogP contribution in [0.25, 0.3) is 0 Å². The number of ether oxygens (including phenoxy) is 1. The molecule has 0 bridgehead atoms. The van der Waals surface area contributed by atoms with Crippen LogP contribution in [0.1, 0.15) is 45.6 Å². The summed E-state index contributed by atoms with van der Waals surface area (Å²) >= 11 is 0. The monoisotopic (exact) mass is 275 g/mol. The molecular formula is C18H29NO. The molecule has 4 unspecified atom stereocenters. The molecule has 112 valence electrons. The largest absolute Gasteiger partial charge is 0.497 e. The normalized spacial score (nSPS) is 28.1. The van der Waals surface area contributed by atoms with Gasteiger partial charge in [-0.1, -0.05) is 26.0 Å². The number of methoxy groups -OCH3 is 1. The summed E-state index contributed by atoms with van der Waals surface area (Å²) in [6.07, 6.45) is 5.15. The summed E-state index contributed by atoms with van der Waals surface area (Å²) in [5.41, 5.74) is 1.38. The Hall–Kier alpha value is -1.02. The number of rotatable bonds is 5. The molecule has 0 amide bonds. The maximum absolute atomic E-state index is 5.20. The van der Waals surface area contributed by atoms with E-state index < -0.39 is 0 Å². The van der Waals surface area contributed by atoms with Crippen molar-refractivity contribution in [3.8, 4) is 5.75 Å². The van der Waals surface area contributed by atoms with Crippen molar-refractivity contribution in [1.29, 1.82) is 0 Å². The molecule has 2 rings (SSSR count). The van der Waals surface area contributed by atoms with Crippen molar-refractivity contribution >= 4 is 0 Å². The molecule has 2 heteroatoms. The summed E-state index contributed by atoms with van der Waals surface area (Å²) < 4.78 is 5.20. The van der Waals surface area contributed by atoms with Gasteiger partial charge in [0.1, 0.15) is 5.75 Å². The second kappa shape index (κ2) is 7.12. The van der Waals surface area contributed by atoms with Gasteiger partial charge < -0.3 is 10.1 Å². The Kier molecular flexibility index (Phi) is 5.47. The van der Waals surface area contributed by atoms with E-state index in [0.29, 0.717) is 12.1 Å². The van der Waals surface area contributed by atoms with E-state index in [1.807, 2.05) is 12.1 Å². The van der Waals surface area contributed by atoms with Gasteiger partial charge in [-0.3, -0.25) is 0 Å². The lowest BCUT2D eigenvalue weighted by Crippen LogP contribution is -2.44. The summed E-state index contributed by atoms with van der Waals surface area (Å²) in [7, 11) is 1.71. The van der Waals surface area contributed by atoms with E-state index in [1.54, 1.807) is 7.11 Å². The van der Waals surface area contributed by atoms with Crippen LogP contribution in [0.4, 0.5) is 0 Å². The van der Waals surface area contributed by atoms with Crippen LogP contribution in [0.3, 0.4) is 0 Å². The summed E-state index contributed by atoms with van der Waals surface area (Å²) in [6, 6.07) is 9.66. The first-order chi connectivity index (χ1) is 9.58. The lowest BCUT2D eigenvalue weighted by molar-refractivity contribution is 0.215. The molecule has 1 N–H and O–H groups in total. The minimum Gasteiger partial charge on any atom is -0.497 e. The van der Waals surface area contributed by atoms with E-state index >= 15 is 0 Å². The van der Waals surface area contributed by atoms with Gasteiger partial charge in [0.15, 0.2) is 0 Å². The van der Waals surface area contributed by atoms with Crippen LogP contribution in [0.15, 0.2) is 24.3 Å². The van der Waals surface area contributed by atoms with Crippen molar-refractivity contribution < 1.29 is 4.74 Å². The van der Waals surface area contributed by atoms with Crippen LogP contribution < -0.4 is 10.1 Å². The highest BCUT2D eigenvalue weighted by Gasteiger charge is 2.25. The van der Waals surface area contributed by atoms with E-state index in [2.05, 4.69) is 38.2 Å². The van der Waals surface area contributed by atoms with Crippen LogP contribution in [0.2, 0.25) is 0 Å². The van der Waals surface area contributed by atoms with Crippen molar-refractivity contribution in [3.63, 3.8) is 0 Å². The SMILES string of the molecule is COc1ccc(CC(C)NC2CCC(C)CC2C)cc1. The van der Waals surface area contributed by atoms with E-state index in [1.165, 1.54) is 24.8 Å². The molecule has 1 aromatic carbocycles. The molecule has 0 spiro atoms. The highest BCUT2D eigenvalue weighted by atomic mass is 16.5. The zero-order valence-corrected chi connectivity index (χ0v) is 13.4. The highest BCUT2D eigenvalue weighted by Crippen LogP contribution is 2.29. The zero-order valence-electron chi connectivity index (χ0n) is 13.4. The van der Waals surface area contributed by atoms with E-state index in [4.69, 9.17) is 4.74 Å². The molecule has 1 aliphatic rings. The molecule has 0 heterocycles. The van der Waals surface area contributed by atoms with Gasteiger partial charge in [0.05, 0.1) is 7.11 Å². The molecule has 1 fully saturated rings. The lowest BCUT2D eigenvalue weighted by Gasteiger charge is -2.35. The predicted molar refractivity (Wildman–Crippen MR) is 85.3 cm³/mol. The third-order valence-electron chi connectivity index (χ3n) is 4.63. The Morgan fingerprint density at radius 3 is 2.50 bits per heavy atom. The third-order valence-corrected chi connectivity index (χ3v) is 4.63. The quantitative estimate of drug-likeness (QED) is 0.875. The van der Waals surface area contributed by atoms with E-state index in [9.17, 15) is 0 Å². The van der Waals surface area contributed by atoms with Gasteiger partial charge >= 0.3 is 0 Å². The Labute approximate surface area is 123 Å². The first-order valence-corrected chi connectivity index (χ1v) is 7.97. The van der Waals surface area contributed by atoms with Crippen LogP contribution in [-0.4, -0.2) is 19.2 Å². The van der Waals surface area contributed by atoms with Crippen molar-refractivity contribution in [2.24, 2.45) is 11.8 Å². The molecule has 0 aromatic heterocycles. The summed E-state index contributed by atoms with van der Waals surface area (Å²) in [4.78, 5) is 0. The van der Waals surface area contributed by atoms with Gasteiger partial charge in [0.2, 0.25) is 0 Å². The Morgan fingerprint density at radius 1 is 1.20 bits per heavy atom. The van der Waals surface area contributed by atoms with E-state index in [0.717, 1.165) is 24.0 Å². The van der Waals surface area contributed by atoms with Crippen LogP contribution in [-0.2, 0) is 6.42 Å². The lowest BCUT2D eigenvalue weighted by atomic mass is 9.79. The maximum atomic E-state index is 5.20. The fourth-order valence-electron chi connectivity index (χ4n) is 3.45. The van der Waals surface area contributed by atoms with Gasteiger partial charge in [-0.2, -0.15) is 0 Å². The summed E-state index contributed by atoms with van der Waals surface area (Å²) in [5, 5.41) is 3.83. The van der Waals surface area contributed by atoms with Crippen molar-refractivity contribution in [1.82, 2.24) is 5.32 Å². The van der Waals surface area contributed by atoms with Gasteiger partial charge in [-0.15, -0.1) is 0 Å². The molecule has 1 aromatic rings. The minimum absolute atomic E-state index is 0.532. The van der Waals surface area contributed by atoms with Crippen molar-refractivity contribution in [3.05, 3.63) is 29.8 Å². The minimum atomic E-state index is 0.532. The second-order valence-corrected chi connectivity index (χ2v) is 6.62. The van der Waals surface area contributed by atoms with Gasteiger partial charge in [0.25, 0.3) is 0 Å². The van der Waals surface area contributed by atoms with Crippen LogP contribution in [0, 0.1) is 11.8 Å². The van der Waals surface area contributed by atoms with Crippen LogP contribution in [0.5, 0.6) is 5.75 Å². The molecule has 0 saturated heterocycles. The summed E-state index contributed by atoms with van der Waals surface area (Å²) in [5.74, 6) is 2.64. The highest BCUT2D eigenvalue weighted by molar-refractivity contribution is 5.27. The predicted octanol–water partition coefficient (Wildman–Crippen LogP) is 4.04. The number of benzene rings is 1. The molecular weight excluding hydrogens is 246 g/mol. The first-order valence-electron chi connectivity index (χ1n) is 7.97. The van der Waals surface area contributed by atoms with Crippen molar-refractivity contribution in [2.45, 2.75) is 58.5 Å². The average molecular weight is 275 g/mol. The molecule has 20 heavy (non-hydrogen) atoms. The van der Waals surface area contributed by atoms with Crippen LogP contribution >= 0.6 is 0 Å². The van der Waals surface area contributed by atoms with Gasteiger partial charge in [-0.05, 0) is 62.1 Å². The third kappa shape index (κ3) is 4.24. The number of hydrogen-bond acceptors (Lipinski definition) is 2. The molecule has 1 aliphatic carbocycles. The van der Waals surface area contributed by atoms with Gasteiger partial charge in [0, 0.05) is 12.1 Å². The Bertz CT molecular complexity index is 400. The fraction of sp³-hybridized carbons (Fsp3) is 0.667. The number of hydrogen-bond donors (Lipinski definition) is 1. The van der Waals surface area contributed by atoms with Crippen molar-refractivity contribution in [2.75, 3.05) is 7.11 Å². The zero-order chi connectivity index (χ0) is 14.5. The molecule has 0 radical (unpaired) electrons. The number of nitrogens with one attached hydrogen (secondary N) is 1. The Morgan fingerprint density at radius 2 is 1.90 bits per heavy atom. The average Bonchev–Trinajstić information content (AvgIpc) is 2.43. The van der Waals surface area contributed by atoms with Gasteiger partial charge in [-0.25, -0.2) is 0 Å². The molecule has 0 aliphatic heterocycles. The second-order valence-electron chi connectivity index (χ2n) is 6.62.